The van der Waals surface area contributed by atoms with E-state index in [4.69, 9.17) is 4.74 Å². The van der Waals surface area contributed by atoms with Gasteiger partial charge in [-0.05, 0) is 50.5 Å². The predicted octanol–water partition coefficient (Wildman–Crippen LogP) is 1.39. The summed E-state index contributed by atoms with van der Waals surface area (Å²) in [5.41, 5.74) is 0.260. The molecule has 2 fully saturated rings. The molecule has 0 saturated carbocycles. The zero-order chi connectivity index (χ0) is 18.8. The second-order valence-electron chi connectivity index (χ2n) is 6.44. The SMILES string of the molecule is COc1ccc(N2C(=O)C(=O)N(CC(=O)N3CCCC[C@@H]3C)C2=O)cc1. The Morgan fingerprint density at radius 1 is 1.12 bits per heavy atom. The highest BCUT2D eigenvalue weighted by Gasteiger charge is 2.46. The molecular weight excluding hydrogens is 338 g/mol. The van der Waals surface area contributed by atoms with E-state index in [1.807, 2.05) is 6.92 Å². The van der Waals surface area contributed by atoms with E-state index in [1.54, 1.807) is 17.0 Å². The Hall–Kier alpha value is -2.90. The van der Waals surface area contributed by atoms with E-state index < -0.39 is 24.4 Å². The molecule has 2 saturated heterocycles. The van der Waals surface area contributed by atoms with Crippen LogP contribution in [0.25, 0.3) is 0 Å². The van der Waals surface area contributed by atoms with E-state index in [0.717, 1.165) is 29.1 Å². The summed E-state index contributed by atoms with van der Waals surface area (Å²) in [4.78, 5) is 52.8. The van der Waals surface area contributed by atoms with Gasteiger partial charge < -0.3 is 9.64 Å². The Labute approximate surface area is 151 Å². The van der Waals surface area contributed by atoms with Crippen LogP contribution < -0.4 is 9.64 Å². The van der Waals surface area contributed by atoms with Crippen LogP contribution in [0, 0.1) is 0 Å². The summed E-state index contributed by atoms with van der Waals surface area (Å²) in [6.45, 7) is 2.13. The van der Waals surface area contributed by atoms with Crippen LogP contribution in [-0.4, -0.2) is 59.8 Å². The zero-order valence-corrected chi connectivity index (χ0v) is 14.8. The predicted molar refractivity (Wildman–Crippen MR) is 92.6 cm³/mol. The number of methoxy groups -OCH3 is 1. The number of rotatable bonds is 4. The van der Waals surface area contributed by atoms with Crippen LogP contribution >= 0.6 is 0 Å². The number of carbonyl (C=O) groups is 4. The number of piperidine rings is 1. The van der Waals surface area contributed by atoms with Gasteiger partial charge in [0, 0.05) is 12.6 Å². The number of carbonyl (C=O) groups excluding carboxylic acids is 4. The molecule has 0 spiro atoms. The summed E-state index contributed by atoms with van der Waals surface area (Å²) in [5, 5.41) is 0. The first kappa shape index (κ1) is 17.9. The number of imide groups is 2. The van der Waals surface area contributed by atoms with Crippen molar-refractivity contribution in [3.63, 3.8) is 0 Å². The van der Waals surface area contributed by atoms with Gasteiger partial charge in [-0.25, -0.2) is 14.6 Å². The Kier molecular flexibility index (Phi) is 4.92. The van der Waals surface area contributed by atoms with E-state index in [9.17, 15) is 19.2 Å². The maximum absolute atomic E-state index is 12.6. The average Bonchev–Trinajstić information content (AvgIpc) is 2.85. The maximum atomic E-state index is 12.6. The second-order valence-corrected chi connectivity index (χ2v) is 6.44. The van der Waals surface area contributed by atoms with Crippen molar-refractivity contribution in [3.8, 4) is 5.75 Å². The summed E-state index contributed by atoms with van der Waals surface area (Å²) >= 11 is 0. The van der Waals surface area contributed by atoms with Crippen LogP contribution in [0.4, 0.5) is 10.5 Å². The van der Waals surface area contributed by atoms with Gasteiger partial charge in [-0.2, -0.15) is 0 Å². The first-order valence-corrected chi connectivity index (χ1v) is 8.57. The fourth-order valence-electron chi connectivity index (χ4n) is 3.30. The molecule has 5 amide bonds. The summed E-state index contributed by atoms with van der Waals surface area (Å²) in [6, 6.07) is 5.47. The molecule has 3 rings (SSSR count). The highest BCUT2D eigenvalue weighted by atomic mass is 16.5. The molecule has 2 heterocycles. The van der Waals surface area contributed by atoms with Crippen molar-refractivity contribution < 1.29 is 23.9 Å². The lowest BCUT2D eigenvalue weighted by molar-refractivity contribution is -0.143. The summed E-state index contributed by atoms with van der Waals surface area (Å²) in [6.07, 6.45) is 2.84. The van der Waals surface area contributed by atoms with E-state index in [1.165, 1.54) is 19.2 Å². The van der Waals surface area contributed by atoms with Gasteiger partial charge in [0.15, 0.2) is 0 Å². The molecule has 0 radical (unpaired) electrons. The first-order valence-electron chi connectivity index (χ1n) is 8.57. The van der Waals surface area contributed by atoms with Crippen LogP contribution in [0.2, 0.25) is 0 Å². The van der Waals surface area contributed by atoms with Gasteiger partial charge in [0.25, 0.3) is 0 Å². The number of nitrogens with zero attached hydrogens (tertiary/aromatic N) is 3. The van der Waals surface area contributed by atoms with Gasteiger partial charge in [-0.3, -0.25) is 14.4 Å². The van der Waals surface area contributed by atoms with Gasteiger partial charge in [0.05, 0.1) is 12.8 Å². The lowest BCUT2D eigenvalue weighted by atomic mass is 10.0. The van der Waals surface area contributed by atoms with Crippen LogP contribution in [0.3, 0.4) is 0 Å². The topological polar surface area (TPSA) is 87.2 Å². The highest BCUT2D eigenvalue weighted by Crippen LogP contribution is 2.25. The van der Waals surface area contributed by atoms with Crippen molar-refractivity contribution in [1.82, 2.24) is 9.80 Å². The Bertz CT molecular complexity index is 746. The third-order valence-corrected chi connectivity index (χ3v) is 4.80. The van der Waals surface area contributed by atoms with E-state index in [0.29, 0.717) is 12.3 Å². The Morgan fingerprint density at radius 3 is 2.42 bits per heavy atom. The van der Waals surface area contributed by atoms with Crippen LogP contribution in [0.15, 0.2) is 24.3 Å². The number of ether oxygens (including phenoxy) is 1. The molecule has 8 heteroatoms. The fourth-order valence-corrected chi connectivity index (χ4v) is 3.30. The normalized spacial score (nSPS) is 20.8. The van der Waals surface area contributed by atoms with Gasteiger partial charge in [-0.1, -0.05) is 0 Å². The standard InChI is InChI=1S/C18H21N3O5/c1-12-5-3-4-10-19(12)15(22)11-20-16(23)17(24)21(18(20)25)13-6-8-14(26-2)9-7-13/h6-9,12H,3-5,10-11H2,1-2H3/t12-/m0/s1. The minimum absolute atomic E-state index is 0.0671. The molecule has 0 aromatic heterocycles. The minimum Gasteiger partial charge on any atom is -0.497 e. The van der Waals surface area contributed by atoms with Crippen molar-refractivity contribution in [2.24, 2.45) is 0 Å². The van der Waals surface area contributed by atoms with Gasteiger partial charge in [-0.15, -0.1) is 0 Å². The smallest absolute Gasteiger partial charge is 0.339 e. The largest absolute Gasteiger partial charge is 0.497 e. The fraction of sp³-hybridized carbons (Fsp3) is 0.444. The summed E-state index contributed by atoms with van der Waals surface area (Å²) in [5.74, 6) is -1.70. The highest BCUT2D eigenvalue weighted by molar-refractivity contribution is 6.53. The molecule has 2 aliphatic heterocycles. The number of likely N-dealkylation sites (tertiary alicyclic amines) is 1. The van der Waals surface area contributed by atoms with Gasteiger partial charge >= 0.3 is 17.8 Å². The first-order chi connectivity index (χ1) is 12.4. The molecule has 0 aliphatic carbocycles. The minimum atomic E-state index is -0.983. The number of anilines is 1. The quantitative estimate of drug-likeness (QED) is 0.599. The molecular formula is C18H21N3O5. The maximum Gasteiger partial charge on any atom is 0.339 e. The van der Waals surface area contributed by atoms with Crippen LogP contribution in [0.5, 0.6) is 5.75 Å². The Balaban J connectivity index is 1.76. The molecule has 0 unspecified atom stereocenters. The molecule has 1 aromatic rings. The summed E-state index contributed by atoms with van der Waals surface area (Å²) in [7, 11) is 1.50. The number of hydrogen-bond acceptors (Lipinski definition) is 5. The molecule has 2 aliphatic rings. The lowest BCUT2D eigenvalue weighted by Crippen LogP contribution is -2.48. The van der Waals surface area contributed by atoms with Gasteiger partial charge in [0.1, 0.15) is 12.3 Å². The number of urea groups is 1. The lowest BCUT2D eigenvalue weighted by Gasteiger charge is -2.34. The molecule has 138 valence electrons. The molecule has 0 N–H and O–H groups in total. The van der Waals surface area contributed by atoms with Crippen molar-refractivity contribution in [2.45, 2.75) is 32.2 Å². The summed E-state index contributed by atoms with van der Waals surface area (Å²) < 4.78 is 5.04. The number of benzene rings is 1. The molecule has 8 nitrogen and oxygen atoms in total. The molecule has 1 aromatic carbocycles. The Morgan fingerprint density at radius 2 is 1.81 bits per heavy atom. The monoisotopic (exact) mass is 359 g/mol. The van der Waals surface area contributed by atoms with E-state index in [-0.39, 0.29) is 17.6 Å². The third kappa shape index (κ3) is 3.14. The van der Waals surface area contributed by atoms with Crippen LogP contribution in [0.1, 0.15) is 26.2 Å². The van der Waals surface area contributed by atoms with E-state index in [2.05, 4.69) is 0 Å². The average molecular weight is 359 g/mol. The van der Waals surface area contributed by atoms with E-state index >= 15 is 0 Å². The van der Waals surface area contributed by atoms with Crippen molar-refractivity contribution >= 4 is 29.4 Å². The van der Waals surface area contributed by atoms with Crippen molar-refractivity contribution in [2.75, 3.05) is 25.1 Å². The number of amides is 5. The molecule has 0 bridgehead atoms. The van der Waals surface area contributed by atoms with Crippen molar-refractivity contribution in [3.05, 3.63) is 24.3 Å². The molecule has 26 heavy (non-hydrogen) atoms. The molecule has 1 atom stereocenters. The van der Waals surface area contributed by atoms with Gasteiger partial charge in [0.2, 0.25) is 5.91 Å². The third-order valence-electron chi connectivity index (χ3n) is 4.80. The zero-order valence-electron chi connectivity index (χ0n) is 14.8. The second kappa shape index (κ2) is 7.15. The number of hydrogen-bond donors (Lipinski definition) is 0. The van der Waals surface area contributed by atoms with Crippen molar-refractivity contribution in [1.29, 1.82) is 0 Å². The van der Waals surface area contributed by atoms with Crippen LogP contribution in [-0.2, 0) is 14.4 Å².